The average Bonchev–Trinajstić information content (AvgIpc) is 3.25. The third-order valence-electron chi connectivity index (χ3n) is 8.76. The standard InChI is InChI=1S/C46H55NO12/c1-3-42(48)55-31-15-10-8-13-29-53-37-22-18-35(19-23-37)44(50)58-39-26-27-41(40(34-39)46(52)57-33-17-7-5-6-12-28-47)59-45(51)36-20-24-38(25-21-36)54-30-14-9-11-16-32-56-43(49)4-2/h4,18-27,34H,2-3,5-17,29-33H2,1H3. The van der Waals surface area contributed by atoms with Crippen molar-refractivity contribution < 1.29 is 57.1 Å². The summed E-state index contributed by atoms with van der Waals surface area (Å²) in [4.78, 5) is 61.8. The van der Waals surface area contributed by atoms with Gasteiger partial charge in [-0.25, -0.2) is 19.2 Å². The van der Waals surface area contributed by atoms with E-state index < -0.39 is 23.9 Å². The van der Waals surface area contributed by atoms with Crippen LogP contribution in [0.15, 0.2) is 79.4 Å². The highest BCUT2D eigenvalue weighted by Gasteiger charge is 2.21. The van der Waals surface area contributed by atoms with Gasteiger partial charge in [-0.3, -0.25) is 4.79 Å². The first-order valence-corrected chi connectivity index (χ1v) is 20.3. The first kappa shape index (κ1) is 47.2. The van der Waals surface area contributed by atoms with Gasteiger partial charge in [0, 0.05) is 18.9 Å². The van der Waals surface area contributed by atoms with Crippen molar-refractivity contribution >= 4 is 29.8 Å². The lowest BCUT2D eigenvalue weighted by Crippen LogP contribution is -2.14. The second-order valence-electron chi connectivity index (χ2n) is 13.4. The zero-order chi connectivity index (χ0) is 42.5. The molecule has 3 aromatic carbocycles. The molecule has 0 unspecified atom stereocenters. The van der Waals surface area contributed by atoms with Crippen LogP contribution >= 0.6 is 0 Å². The molecule has 0 atom stereocenters. The number of esters is 5. The van der Waals surface area contributed by atoms with E-state index in [0.29, 0.717) is 57.2 Å². The van der Waals surface area contributed by atoms with Crippen molar-refractivity contribution in [3.05, 3.63) is 96.1 Å². The van der Waals surface area contributed by atoms with Gasteiger partial charge < -0.3 is 33.2 Å². The minimum atomic E-state index is -0.759. The molecule has 13 nitrogen and oxygen atoms in total. The Morgan fingerprint density at radius 2 is 1.03 bits per heavy atom. The Kier molecular flexibility index (Phi) is 22.6. The molecule has 0 spiro atoms. The molecule has 3 rings (SSSR count). The summed E-state index contributed by atoms with van der Waals surface area (Å²) in [6.07, 6.45) is 11.7. The Morgan fingerprint density at radius 1 is 0.559 bits per heavy atom. The topological polar surface area (TPSA) is 174 Å². The number of nitriles is 1. The predicted molar refractivity (Wildman–Crippen MR) is 219 cm³/mol. The lowest BCUT2D eigenvalue weighted by molar-refractivity contribution is -0.143. The minimum Gasteiger partial charge on any atom is -0.494 e. The van der Waals surface area contributed by atoms with E-state index in [2.05, 4.69) is 12.6 Å². The van der Waals surface area contributed by atoms with Crippen LogP contribution in [0.25, 0.3) is 0 Å². The van der Waals surface area contributed by atoms with Gasteiger partial charge in [-0.2, -0.15) is 5.26 Å². The van der Waals surface area contributed by atoms with E-state index in [0.717, 1.165) is 76.7 Å². The fraction of sp³-hybridized carbons (Fsp3) is 0.435. The Labute approximate surface area is 346 Å². The molecule has 0 bridgehead atoms. The van der Waals surface area contributed by atoms with Crippen molar-refractivity contribution in [3.63, 3.8) is 0 Å². The summed E-state index contributed by atoms with van der Waals surface area (Å²) < 4.78 is 38.4. The molecule has 0 heterocycles. The van der Waals surface area contributed by atoms with Gasteiger partial charge in [0.1, 0.15) is 28.6 Å². The normalized spacial score (nSPS) is 10.4. The number of rotatable bonds is 29. The van der Waals surface area contributed by atoms with Gasteiger partial charge >= 0.3 is 29.8 Å². The number of benzene rings is 3. The third-order valence-corrected chi connectivity index (χ3v) is 8.76. The summed E-state index contributed by atoms with van der Waals surface area (Å²) in [6.45, 7) is 6.99. The molecule has 0 amide bonds. The Morgan fingerprint density at radius 3 is 1.56 bits per heavy atom. The Hall–Kier alpha value is -6.16. The lowest BCUT2D eigenvalue weighted by Gasteiger charge is -2.13. The molecule has 0 aliphatic rings. The number of unbranched alkanes of at least 4 members (excludes halogenated alkanes) is 10. The highest BCUT2D eigenvalue weighted by atomic mass is 16.6. The fourth-order valence-corrected chi connectivity index (χ4v) is 5.44. The molecule has 0 N–H and O–H groups in total. The van der Waals surface area contributed by atoms with Crippen molar-refractivity contribution in [2.75, 3.05) is 33.0 Å². The zero-order valence-corrected chi connectivity index (χ0v) is 33.9. The summed E-state index contributed by atoms with van der Waals surface area (Å²) >= 11 is 0. The number of carbonyl (C=O) groups excluding carboxylic acids is 5. The van der Waals surface area contributed by atoms with Gasteiger partial charge in [-0.05, 0) is 131 Å². The number of ether oxygens (including phenoxy) is 7. The van der Waals surface area contributed by atoms with E-state index in [-0.39, 0.29) is 40.8 Å². The van der Waals surface area contributed by atoms with Gasteiger partial charge in [0.05, 0.1) is 50.2 Å². The summed E-state index contributed by atoms with van der Waals surface area (Å²) in [5, 5.41) is 8.74. The molecule has 0 fully saturated rings. The van der Waals surface area contributed by atoms with Gasteiger partial charge in [-0.15, -0.1) is 0 Å². The molecule has 0 aliphatic carbocycles. The van der Waals surface area contributed by atoms with E-state index in [9.17, 15) is 24.0 Å². The van der Waals surface area contributed by atoms with Gasteiger partial charge in [0.2, 0.25) is 0 Å². The van der Waals surface area contributed by atoms with Crippen LogP contribution in [-0.2, 0) is 23.8 Å². The highest BCUT2D eigenvalue weighted by Crippen LogP contribution is 2.28. The SMILES string of the molecule is C=CC(=O)OCCCCCCOc1ccc(C(=O)Oc2ccc(OC(=O)c3ccc(OCCCCCCOC(=O)CC)cc3)cc2C(=O)OCCCCCCC#N)cc1. The number of carbonyl (C=O) groups is 5. The molecule has 316 valence electrons. The second-order valence-corrected chi connectivity index (χ2v) is 13.4. The molecular formula is C46H55NO12. The molecule has 0 saturated heterocycles. The molecule has 0 aliphatic heterocycles. The fourth-order valence-electron chi connectivity index (χ4n) is 5.44. The molecule has 13 heteroatoms. The van der Waals surface area contributed by atoms with E-state index in [4.69, 9.17) is 38.4 Å². The van der Waals surface area contributed by atoms with Crippen LogP contribution in [0, 0.1) is 11.3 Å². The molecule has 3 aromatic rings. The van der Waals surface area contributed by atoms with Gasteiger partial charge in [0.25, 0.3) is 0 Å². The van der Waals surface area contributed by atoms with Crippen LogP contribution < -0.4 is 18.9 Å². The number of nitrogens with zero attached hydrogens (tertiary/aromatic N) is 1. The van der Waals surface area contributed by atoms with Crippen molar-refractivity contribution in [1.29, 1.82) is 5.26 Å². The van der Waals surface area contributed by atoms with E-state index in [1.165, 1.54) is 18.2 Å². The van der Waals surface area contributed by atoms with E-state index in [1.54, 1.807) is 55.5 Å². The van der Waals surface area contributed by atoms with E-state index in [1.807, 2.05) is 0 Å². The zero-order valence-electron chi connectivity index (χ0n) is 33.9. The van der Waals surface area contributed by atoms with Crippen LogP contribution in [0.3, 0.4) is 0 Å². The van der Waals surface area contributed by atoms with Crippen molar-refractivity contribution in [2.45, 2.75) is 96.8 Å². The Balaban J connectivity index is 1.55. The first-order valence-electron chi connectivity index (χ1n) is 20.3. The summed E-state index contributed by atoms with van der Waals surface area (Å²) in [5.41, 5.74) is 0.376. The van der Waals surface area contributed by atoms with E-state index >= 15 is 0 Å². The summed E-state index contributed by atoms with van der Waals surface area (Å²) in [7, 11) is 0. The maximum absolute atomic E-state index is 13.3. The lowest BCUT2D eigenvalue weighted by atomic mass is 10.1. The van der Waals surface area contributed by atoms with Crippen molar-refractivity contribution in [2.24, 2.45) is 0 Å². The summed E-state index contributed by atoms with van der Waals surface area (Å²) in [5.74, 6) is -1.64. The smallest absolute Gasteiger partial charge is 0.343 e. The molecular weight excluding hydrogens is 759 g/mol. The molecule has 0 radical (unpaired) electrons. The first-order chi connectivity index (χ1) is 28.7. The van der Waals surface area contributed by atoms with Crippen LogP contribution in [0.1, 0.15) is 128 Å². The van der Waals surface area contributed by atoms with Crippen LogP contribution in [0.2, 0.25) is 0 Å². The minimum absolute atomic E-state index is 0.0423. The van der Waals surface area contributed by atoms with Crippen LogP contribution in [0.5, 0.6) is 23.0 Å². The van der Waals surface area contributed by atoms with Crippen molar-refractivity contribution in [3.8, 4) is 29.1 Å². The van der Waals surface area contributed by atoms with Crippen LogP contribution in [0.4, 0.5) is 0 Å². The molecule has 0 aromatic heterocycles. The molecule has 0 saturated carbocycles. The Bertz CT molecular complexity index is 1810. The van der Waals surface area contributed by atoms with Crippen LogP contribution in [-0.4, -0.2) is 62.9 Å². The maximum Gasteiger partial charge on any atom is 0.343 e. The number of hydrogen-bond donors (Lipinski definition) is 0. The number of hydrogen-bond acceptors (Lipinski definition) is 13. The van der Waals surface area contributed by atoms with Crippen molar-refractivity contribution in [1.82, 2.24) is 0 Å². The quantitative estimate of drug-likeness (QED) is 0.0213. The monoisotopic (exact) mass is 813 g/mol. The maximum atomic E-state index is 13.3. The second kappa shape index (κ2) is 28.3. The summed E-state index contributed by atoms with van der Waals surface area (Å²) in [6, 6.07) is 19.1. The van der Waals surface area contributed by atoms with Gasteiger partial charge in [0.15, 0.2) is 0 Å². The highest BCUT2D eigenvalue weighted by molar-refractivity contribution is 5.97. The third kappa shape index (κ3) is 19.2. The molecule has 59 heavy (non-hydrogen) atoms. The largest absolute Gasteiger partial charge is 0.494 e. The average molecular weight is 814 g/mol. The predicted octanol–water partition coefficient (Wildman–Crippen LogP) is 9.32. The van der Waals surface area contributed by atoms with Gasteiger partial charge in [-0.1, -0.05) is 26.3 Å².